The van der Waals surface area contributed by atoms with Gasteiger partial charge in [0.15, 0.2) is 6.61 Å². The van der Waals surface area contributed by atoms with E-state index in [9.17, 15) is 14.4 Å². The number of primary amides is 1. The van der Waals surface area contributed by atoms with Gasteiger partial charge in [-0.1, -0.05) is 12.1 Å². The predicted octanol–water partition coefficient (Wildman–Crippen LogP) is 2.07. The van der Waals surface area contributed by atoms with E-state index in [1.54, 1.807) is 31.4 Å². The summed E-state index contributed by atoms with van der Waals surface area (Å²) in [6, 6.07) is 7.01. The van der Waals surface area contributed by atoms with E-state index < -0.39 is 24.4 Å². The fourth-order valence-electron chi connectivity index (χ4n) is 3.02. The largest absolute Gasteiger partial charge is 0.497 e. The number of thiophene rings is 1. The van der Waals surface area contributed by atoms with Crippen molar-refractivity contribution in [1.82, 2.24) is 0 Å². The summed E-state index contributed by atoms with van der Waals surface area (Å²) in [6.07, 6.45) is 2.71. The fraction of sp³-hybridized carbons (Fsp3) is 0.316. The number of hydrogen-bond acceptors (Lipinski definition) is 6. The van der Waals surface area contributed by atoms with Gasteiger partial charge in [-0.2, -0.15) is 0 Å². The summed E-state index contributed by atoms with van der Waals surface area (Å²) in [7, 11) is 1.56. The van der Waals surface area contributed by atoms with Crippen LogP contribution in [-0.4, -0.2) is 31.5 Å². The number of fused-ring (bicyclic) bond motifs is 1. The number of methoxy groups -OCH3 is 1. The number of anilines is 1. The lowest BCUT2D eigenvalue weighted by atomic mass is 10.1. The molecule has 1 aromatic carbocycles. The molecule has 1 aromatic heterocycles. The van der Waals surface area contributed by atoms with Gasteiger partial charge in [0, 0.05) is 4.88 Å². The molecule has 27 heavy (non-hydrogen) atoms. The third-order valence-electron chi connectivity index (χ3n) is 4.29. The Morgan fingerprint density at radius 3 is 2.59 bits per heavy atom. The Kier molecular flexibility index (Phi) is 5.75. The first kappa shape index (κ1) is 18.9. The number of carbonyl (C=O) groups excluding carboxylic acids is 3. The molecule has 3 N–H and O–H groups in total. The summed E-state index contributed by atoms with van der Waals surface area (Å²) >= 11 is 1.36. The zero-order valence-corrected chi connectivity index (χ0v) is 15.7. The van der Waals surface area contributed by atoms with Crippen LogP contribution in [0.15, 0.2) is 24.3 Å². The summed E-state index contributed by atoms with van der Waals surface area (Å²) in [4.78, 5) is 36.8. The van der Waals surface area contributed by atoms with Crippen LogP contribution in [0.2, 0.25) is 0 Å². The average molecular weight is 388 g/mol. The second-order valence-corrected chi connectivity index (χ2v) is 7.26. The molecule has 0 fully saturated rings. The van der Waals surface area contributed by atoms with Gasteiger partial charge in [0.2, 0.25) is 0 Å². The van der Waals surface area contributed by atoms with Gasteiger partial charge < -0.3 is 20.5 Å². The van der Waals surface area contributed by atoms with Crippen LogP contribution in [0.25, 0.3) is 0 Å². The van der Waals surface area contributed by atoms with Crippen molar-refractivity contribution >= 4 is 34.1 Å². The number of hydrogen-bond donors (Lipinski definition) is 2. The maximum absolute atomic E-state index is 12.1. The van der Waals surface area contributed by atoms with Crippen molar-refractivity contribution in [2.24, 2.45) is 5.73 Å². The number of benzene rings is 1. The molecule has 142 valence electrons. The Bertz CT molecular complexity index is 873. The van der Waals surface area contributed by atoms with E-state index in [0.29, 0.717) is 16.3 Å². The van der Waals surface area contributed by atoms with Gasteiger partial charge in [0.25, 0.3) is 11.8 Å². The van der Waals surface area contributed by atoms with E-state index in [1.807, 2.05) is 0 Å². The third-order valence-corrected chi connectivity index (χ3v) is 5.50. The first-order valence-corrected chi connectivity index (χ1v) is 9.32. The van der Waals surface area contributed by atoms with Crippen LogP contribution >= 0.6 is 11.3 Å². The van der Waals surface area contributed by atoms with Crippen LogP contribution in [-0.2, 0) is 33.6 Å². The second-order valence-electron chi connectivity index (χ2n) is 6.16. The zero-order valence-electron chi connectivity index (χ0n) is 14.9. The van der Waals surface area contributed by atoms with E-state index in [2.05, 4.69) is 5.32 Å². The number of rotatable bonds is 7. The van der Waals surface area contributed by atoms with Crippen LogP contribution in [0.1, 0.15) is 32.8 Å². The van der Waals surface area contributed by atoms with Crippen molar-refractivity contribution < 1.29 is 23.9 Å². The molecule has 8 heteroatoms. The molecular formula is C19H20N2O5S. The molecule has 0 saturated heterocycles. The molecule has 3 rings (SSSR count). The topological polar surface area (TPSA) is 108 Å². The maximum atomic E-state index is 12.1. The Balaban J connectivity index is 1.54. The third kappa shape index (κ3) is 4.46. The van der Waals surface area contributed by atoms with Crippen LogP contribution in [0.4, 0.5) is 5.00 Å². The highest BCUT2D eigenvalue weighted by Crippen LogP contribution is 2.38. The maximum Gasteiger partial charge on any atom is 0.310 e. The normalized spacial score (nSPS) is 12.3. The smallest absolute Gasteiger partial charge is 0.310 e. The number of carbonyl (C=O) groups is 3. The molecule has 0 spiro atoms. The minimum atomic E-state index is -0.554. The predicted molar refractivity (Wildman–Crippen MR) is 101 cm³/mol. The number of nitrogens with two attached hydrogens (primary N) is 1. The molecular weight excluding hydrogens is 368 g/mol. The summed E-state index contributed by atoms with van der Waals surface area (Å²) < 4.78 is 10.1. The van der Waals surface area contributed by atoms with Gasteiger partial charge in [0.05, 0.1) is 19.1 Å². The molecule has 1 heterocycles. The highest BCUT2D eigenvalue weighted by molar-refractivity contribution is 7.17. The Hall–Kier alpha value is -2.87. The molecule has 0 radical (unpaired) electrons. The second kappa shape index (κ2) is 8.22. The average Bonchev–Trinajstić information content (AvgIpc) is 3.21. The first-order valence-electron chi connectivity index (χ1n) is 8.50. The van der Waals surface area contributed by atoms with Gasteiger partial charge in [-0.3, -0.25) is 14.4 Å². The van der Waals surface area contributed by atoms with E-state index >= 15 is 0 Å². The number of amides is 2. The van der Waals surface area contributed by atoms with Crippen molar-refractivity contribution in [1.29, 1.82) is 0 Å². The van der Waals surface area contributed by atoms with Gasteiger partial charge in [-0.15, -0.1) is 11.3 Å². The van der Waals surface area contributed by atoms with E-state index in [1.165, 1.54) is 11.3 Å². The van der Waals surface area contributed by atoms with E-state index in [-0.39, 0.29) is 6.42 Å². The first-order chi connectivity index (χ1) is 13.0. The van der Waals surface area contributed by atoms with Crippen LogP contribution in [0, 0.1) is 0 Å². The molecule has 1 aliphatic carbocycles. The van der Waals surface area contributed by atoms with Crippen molar-refractivity contribution in [3.05, 3.63) is 45.8 Å². The SMILES string of the molecule is COc1ccc(CC(=O)OCC(=O)Nc2sc3c(c2C(N)=O)CCC3)cc1. The molecule has 0 atom stereocenters. The van der Waals surface area contributed by atoms with Gasteiger partial charge in [0.1, 0.15) is 10.8 Å². The number of nitrogens with one attached hydrogen (secondary N) is 1. The Labute approximate surface area is 160 Å². The lowest BCUT2D eigenvalue weighted by Gasteiger charge is -2.07. The zero-order chi connectivity index (χ0) is 19.4. The van der Waals surface area contributed by atoms with Crippen molar-refractivity contribution in [2.45, 2.75) is 25.7 Å². The number of esters is 1. The molecule has 0 saturated carbocycles. The molecule has 7 nitrogen and oxygen atoms in total. The van der Waals surface area contributed by atoms with Crippen molar-refractivity contribution in [2.75, 3.05) is 19.0 Å². The minimum Gasteiger partial charge on any atom is -0.497 e. The summed E-state index contributed by atoms with van der Waals surface area (Å²) in [5, 5.41) is 3.07. The van der Waals surface area contributed by atoms with E-state index in [4.69, 9.17) is 15.2 Å². The lowest BCUT2D eigenvalue weighted by Crippen LogP contribution is -2.23. The van der Waals surface area contributed by atoms with Crippen LogP contribution < -0.4 is 15.8 Å². The standard InChI is InChI=1S/C19H20N2O5S/c1-25-12-7-5-11(6-8-12)9-16(23)26-10-15(22)21-19-17(18(20)24)13-3-2-4-14(13)27-19/h5-8H,2-4,9-10H2,1H3,(H2,20,24)(H,21,22). The van der Waals surface area contributed by atoms with Gasteiger partial charge in [-0.05, 0) is 42.5 Å². The van der Waals surface area contributed by atoms with Crippen LogP contribution in [0.3, 0.4) is 0 Å². The fourth-order valence-corrected chi connectivity index (χ4v) is 4.33. The Morgan fingerprint density at radius 1 is 1.19 bits per heavy atom. The molecule has 0 aliphatic heterocycles. The van der Waals surface area contributed by atoms with Gasteiger partial charge >= 0.3 is 5.97 Å². The molecule has 2 aromatic rings. The Morgan fingerprint density at radius 2 is 1.93 bits per heavy atom. The highest BCUT2D eigenvalue weighted by atomic mass is 32.1. The monoisotopic (exact) mass is 388 g/mol. The van der Waals surface area contributed by atoms with E-state index in [0.717, 1.165) is 35.3 Å². The molecule has 1 aliphatic rings. The summed E-state index contributed by atoms with van der Waals surface area (Å²) in [5.74, 6) is -0.875. The highest BCUT2D eigenvalue weighted by Gasteiger charge is 2.26. The van der Waals surface area contributed by atoms with Crippen molar-refractivity contribution in [3.8, 4) is 5.75 Å². The minimum absolute atomic E-state index is 0.0527. The number of ether oxygens (including phenoxy) is 2. The number of aryl methyl sites for hydroxylation is 1. The lowest BCUT2D eigenvalue weighted by molar-refractivity contribution is -0.146. The van der Waals surface area contributed by atoms with Crippen molar-refractivity contribution in [3.63, 3.8) is 0 Å². The summed E-state index contributed by atoms with van der Waals surface area (Å²) in [6.45, 7) is -0.421. The van der Waals surface area contributed by atoms with Crippen LogP contribution in [0.5, 0.6) is 5.75 Å². The molecule has 0 unspecified atom stereocenters. The quantitative estimate of drug-likeness (QED) is 0.706. The van der Waals surface area contributed by atoms with Gasteiger partial charge in [-0.25, -0.2) is 0 Å². The summed E-state index contributed by atoms with van der Waals surface area (Å²) in [5.41, 5.74) is 7.53. The molecule has 0 bridgehead atoms. The molecule has 2 amide bonds.